The molecule has 0 amide bonds. The summed E-state index contributed by atoms with van der Waals surface area (Å²) < 4.78 is 6.93. The second-order valence-corrected chi connectivity index (χ2v) is 9.41. The largest absolute Gasteiger partial charge is 0.469 e. The number of hydrogen-bond acceptors (Lipinski definition) is 4. The van der Waals surface area contributed by atoms with Gasteiger partial charge in [0, 0.05) is 30.6 Å². The second kappa shape index (κ2) is 10.3. The lowest BCUT2D eigenvalue weighted by molar-refractivity contribution is -0.140. The fourth-order valence-electron chi connectivity index (χ4n) is 4.60. The molecule has 1 N–H and O–H groups in total. The van der Waals surface area contributed by atoms with Gasteiger partial charge in [0.2, 0.25) is 0 Å². The number of aromatic nitrogens is 2. The first-order chi connectivity index (χ1) is 16.3. The summed E-state index contributed by atoms with van der Waals surface area (Å²) in [6.07, 6.45) is 2.73. The van der Waals surface area contributed by atoms with Crippen LogP contribution in [-0.4, -0.2) is 39.2 Å². The van der Waals surface area contributed by atoms with E-state index in [0.29, 0.717) is 34.5 Å². The number of thiocarbonyl (C=S) groups is 1. The Kier molecular flexibility index (Phi) is 7.45. The van der Waals surface area contributed by atoms with Crippen molar-refractivity contribution in [1.82, 2.24) is 19.8 Å². The first-order valence-electron chi connectivity index (χ1n) is 11.0. The molecule has 3 aromatic rings. The Balaban J connectivity index is 1.78. The Morgan fingerprint density at radius 3 is 2.71 bits per heavy atom. The molecule has 0 bridgehead atoms. The van der Waals surface area contributed by atoms with Crippen LogP contribution in [0.3, 0.4) is 0 Å². The third kappa shape index (κ3) is 4.65. The van der Waals surface area contributed by atoms with Gasteiger partial charge in [0.1, 0.15) is 0 Å². The smallest absolute Gasteiger partial charge is 0.305 e. The summed E-state index contributed by atoms with van der Waals surface area (Å²) in [5.74, 6) is -0.232. The molecule has 0 unspecified atom stereocenters. The SMILES string of the molecule is COC(=O)CCCN1C(=S)N[C@@H](c2ccccn2)[C@@H]1c1cc(C)n(-c2cccc(Cl)c2Cl)c1C. The Hall–Kier alpha value is -2.61. The fraction of sp³-hybridized carbons (Fsp3) is 0.320. The molecular formula is C25H26Cl2N4O2S. The summed E-state index contributed by atoms with van der Waals surface area (Å²) in [5, 5.41) is 5.11. The van der Waals surface area contributed by atoms with E-state index >= 15 is 0 Å². The molecule has 34 heavy (non-hydrogen) atoms. The molecule has 1 saturated heterocycles. The van der Waals surface area contributed by atoms with Crippen LogP contribution in [0.4, 0.5) is 0 Å². The molecule has 3 heterocycles. The number of carbonyl (C=O) groups excluding carboxylic acids is 1. The minimum absolute atomic E-state index is 0.113. The maximum Gasteiger partial charge on any atom is 0.305 e. The molecule has 6 nitrogen and oxygen atoms in total. The zero-order valence-electron chi connectivity index (χ0n) is 19.2. The molecular weight excluding hydrogens is 491 g/mol. The summed E-state index contributed by atoms with van der Waals surface area (Å²) in [7, 11) is 1.40. The van der Waals surface area contributed by atoms with Crippen molar-refractivity contribution >= 4 is 46.5 Å². The van der Waals surface area contributed by atoms with Crippen LogP contribution in [0.15, 0.2) is 48.7 Å². The topological polar surface area (TPSA) is 59.4 Å². The summed E-state index contributed by atoms with van der Waals surface area (Å²) in [4.78, 5) is 18.4. The number of carbonyl (C=O) groups is 1. The van der Waals surface area contributed by atoms with Gasteiger partial charge in [-0.05, 0) is 68.4 Å². The number of aryl methyl sites for hydroxylation is 1. The van der Waals surface area contributed by atoms with Gasteiger partial charge in [-0.2, -0.15) is 0 Å². The van der Waals surface area contributed by atoms with Crippen LogP contribution in [0.5, 0.6) is 0 Å². The maximum absolute atomic E-state index is 11.7. The Labute approximate surface area is 214 Å². The molecule has 1 fully saturated rings. The Bertz CT molecular complexity index is 1220. The third-order valence-corrected chi connectivity index (χ3v) is 7.33. The van der Waals surface area contributed by atoms with Crippen LogP contribution in [0, 0.1) is 13.8 Å². The average molecular weight is 517 g/mol. The number of rotatable bonds is 7. The highest BCUT2D eigenvalue weighted by Crippen LogP contribution is 2.42. The normalized spacial score (nSPS) is 17.7. The van der Waals surface area contributed by atoms with E-state index in [9.17, 15) is 4.79 Å². The van der Waals surface area contributed by atoms with Crippen LogP contribution in [0.2, 0.25) is 10.0 Å². The van der Waals surface area contributed by atoms with E-state index in [-0.39, 0.29) is 18.1 Å². The number of ether oxygens (including phenoxy) is 1. The van der Waals surface area contributed by atoms with Crippen LogP contribution in [0.1, 0.15) is 47.6 Å². The molecule has 1 aliphatic rings. The Morgan fingerprint density at radius 1 is 1.21 bits per heavy atom. The molecule has 1 aliphatic heterocycles. The van der Waals surface area contributed by atoms with Gasteiger partial charge in [-0.1, -0.05) is 35.3 Å². The number of methoxy groups -OCH3 is 1. The lowest BCUT2D eigenvalue weighted by atomic mass is 9.96. The number of nitrogens with one attached hydrogen (secondary N) is 1. The molecule has 178 valence electrons. The molecule has 0 saturated carbocycles. The summed E-state index contributed by atoms with van der Waals surface area (Å²) in [5.41, 5.74) is 4.90. The molecule has 4 rings (SSSR count). The number of esters is 1. The van der Waals surface area contributed by atoms with Gasteiger partial charge in [-0.25, -0.2) is 0 Å². The molecule has 2 aromatic heterocycles. The highest BCUT2D eigenvalue weighted by Gasteiger charge is 2.41. The van der Waals surface area contributed by atoms with Gasteiger partial charge in [0.25, 0.3) is 0 Å². The van der Waals surface area contributed by atoms with Gasteiger partial charge in [0.15, 0.2) is 5.11 Å². The van der Waals surface area contributed by atoms with Crippen molar-refractivity contribution in [2.75, 3.05) is 13.7 Å². The predicted molar refractivity (Wildman–Crippen MR) is 139 cm³/mol. The van der Waals surface area contributed by atoms with Crippen LogP contribution >= 0.6 is 35.4 Å². The second-order valence-electron chi connectivity index (χ2n) is 8.23. The summed E-state index contributed by atoms with van der Waals surface area (Å²) in [6.45, 7) is 4.73. The number of nitrogens with zero attached hydrogens (tertiary/aromatic N) is 3. The number of benzene rings is 1. The van der Waals surface area contributed by atoms with Gasteiger partial charge in [0.05, 0.1) is 40.6 Å². The minimum Gasteiger partial charge on any atom is -0.469 e. The molecule has 2 atom stereocenters. The van der Waals surface area contributed by atoms with E-state index in [1.165, 1.54) is 7.11 Å². The summed E-state index contributed by atoms with van der Waals surface area (Å²) in [6, 6.07) is 13.4. The van der Waals surface area contributed by atoms with Crippen molar-refractivity contribution in [2.45, 2.75) is 38.8 Å². The zero-order valence-corrected chi connectivity index (χ0v) is 21.5. The van der Waals surface area contributed by atoms with Crippen molar-refractivity contribution in [1.29, 1.82) is 0 Å². The van der Waals surface area contributed by atoms with E-state index < -0.39 is 0 Å². The van der Waals surface area contributed by atoms with Crippen molar-refractivity contribution in [3.05, 3.63) is 81.4 Å². The third-order valence-electron chi connectivity index (χ3n) is 6.17. The van der Waals surface area contributed by atoms with Gasteiger partial charge >= 0.3 is 5.97 Å². The van der Waals surface area contributed by atoms with Crippen molar-refractivity contribution < 1.29 is 9.53 Å². The molecule has 1 aromatic carbocycles. The highest BCUT2D eigenvalue weighted by atomic mass is 35.5. The molecule has 0 spiro atoms. The average Bonchev–Trinajstić information content (AvgIpc) is 3.31. The van der Waals surface area contributed by atoms with Crippen molar-refractivity contribution in [3.63, 3.8) is 0 Å². The van der Waals surface area contributed by atoms with Gasteiger partial charge in [-0.3, -0.25) is 9.78 Å². The van der Waals surface area contributed by atoms with Crippen LogP contribution < -0.4 is 5.32 Å². The predicted octanol–water partition coefficient (Wildman–Crippen LogP) is 5.72. The molecule has 0 radical (unpaired) electrons. The van der Waals surface area contributed by atoms with E-state index in [1.807, 2.05) is 37.3 Å². The number of hydrogen-bond donors (Lipinski definition) is 1. The minimum atomic E-state index is -0.232. The zero-order chi connectivity index (χ0) is 24.4. The highest BCUT2D eigenvalue weighted by molar-refractivity contribution is 7.80. The lowest BCUT2D eigenvalue weighted by Crippen LogP contribution is -2.31. The van der Waals surface area contributed by atoms with Crippen molar-refractivity contribution in [3.8, 4) is 5.69 Å². The van der Waals surface area contributed by atoms with Gasteiger partial charge < -0.3 is 19.5 Å². The van der Waals surface area contributed by atoms with Crippen LogP contribution in [0.25, 0.3) is 5.69 Å². The fourth-order valence-corrected chi connectivity index (χ4v) is 5.32. The maximum atomic E-state index is 11.7. The molecule has 0 aliphatic carbocycles. The molecule has 9 heteroatoms. The van der Waals surface area contributed by atoms with E-state index in [0.717, 1.165) is 28.3 Å². The first kappa shape index (κ1) is 24.5. The Morgan fingerprint density at radius 2 is 2.00 bits per heavy atom. The monoisotopic (exact) mass is 516 g/mol. The van der Waals surface area contributed by atoms with E-state index in [4.69, 9.17) is 40.2 Å². The number of pyridine rings is 1. The van der Waals surface area contributed by atoms with Crippen molar-refractivity contribution in [2.24, 2.45) is 0 Å². The standard InChI is InChI=1S/C25H26Cl2N4O2S/c1-15-14-17(16(2)31(15)20-10-6-8-18(26)22(20)27)24-23(19-9-4-5-12-28-19)29-25(34)30(24)13-7-11-21(32)33-3/h4-6,8-10,12,14,23-24H,7,11,13H2,1-3H3,(H,29,34)/t23-,24-/m0/s1. The van der Waals surface area contributed by atoms with E-state index in [2.05, 4.69) is 32.8 Å². The van der Waals surface area contributed by atoms with Crippen LogP contribution in [-0.2, 0) is 9.53 Å². The first-order valence-corrected chi connectivity index (χ1v) is 12.2. The number of halogens is 2. The quantitative estimate of drug-likeness (QED) is 0.320. The van der Waals surface area contributed by atoms with E-state index in [1.54, 1.807) is 12.3 Å². The lowest BCUT2D eigenvalue weighted by Gasteiger charge is -2.28. The van der Waals surface area contributed by atoms with Gasteiger partial charge in [-0.15, -0.1) is 0 Å². The summed E-state index contributed by atoms with van der Waals surface area (Å²) >= 11 is 18.6.